The van der Waals surface area contributed by atoms with Crippen LogP contribution < -0.4 is 0 Å². The molecule has 88 valence electrons. The summed E-state index contributed by atoms with van der Waals surface area (Å²) in [6.07, 6.45) is 11.0. The SMILES string of the molecule is F[P-](F)(F)(F)(F)F.[CH+]1CCCCCC1. The fourth-order valence-corrected chi connectivity index (χ4v) is 1.08. The van der Waals surface area contributed by atoms with Crippen molar-refractivity contribution in [2.45, 2.75) is 38.5 Å². The second-order valence-corrected chi connectivity index (χ2v) is 5.16. The molecule has 0 spiro atoms. The molecule has 1 aliphatic carbocycles. The minimum absolute atomic E-state index is 1.38. The Balaban J connectivity index is 0.000000241. The van der Waals surface area contributed by atoms with E-state index in [-0.39, 0.29) is 0 Å². The maximum atomic E-state index is 9.87. The molecule has 0 aromatic carbocycles. The molecule has 0 saturated heterocycles. The Hall–Kier alpha value is -0.120. The fourth-order valence-electron chi connectivity index (χ4n) is 1.08. The van der Waals surface area contributed by atoms with Crippen molar-refractivity contribution in [2.24, 2.45) is 0 Å². The monoisotopic (exact) mass is 242 g/mol. The third kappa shape index (κ3) is 29.7. The van der Waals surface area contributed by atoms with E-state index >= 15 is 0 Å². The van der Waals surface area contributed by atoms with Gasteiger partial charge in [-0.25, -0.2) is 0 Å². The molecule has 0 unspecified atom stereocenters. The fraction of sp³-hybridized carbons (Fsp3) is 0.857. The summed E-state index contributed by atoms with van der Waals surface area (Å²) in [6, 6.07) is 0. The zero-order valence-electron chi connectivity index (χ0n) is 7.53. The van der Waals surface area contributed by atoms with Gasteiger partial charge in [-0.2, -0.15) is 0 Å². The van der Waals surface area contributed by atoms with Gasteiger partial charge >= 0.3 is 33.0 Å². The topological polar surface area (TPSA) is 0 Å². The van der Waals surface area contributed by atoms with Crippen molar-refractivity contribution in [3.63, 3.8) is 0 Å². The molecule has 0 atom stereocenters. The molecule has 0 radical (unpaired) electrons. The Morgan fingerprint density at radius 3 is 1.21 bits per heavy atom. The molecule has 0 aromatic heterocycles. The predicted octanol–water partition coefficient (Wildman–Crippen LogP) is 5.93. The quantitative estimate of drug-likeness (QED) is 0.214. The molecule has 1 fully saturated rings. The normalized spacial score (nSPS) is 23.0. The van der Waals surface area contributed by atoms with Crippen molar-refractivity contribution in [1.82, 2.24) is 0 Å². The predicted molar refractivity (Wildman–Crippen MR) is 45.6 cm³/mol. The average Bonchev–Trinajstić information content (AvgIpc) is 2.06. The first-order valence-electron chi connectivity index (χ1n) is 4.33. The smallest absolute Gasteiger partial charge is 0.0491 e. The number of rotatable bonds is 0. The van der Waals surface area contributed by atoms with E-state index < -0.39 is 7.81 Å². The van der Waals surface area contributed by atoms with Crippen LogP contribution in [0.5, 0.6) is 0 Å². The molecule has 0 bridgehead atoms. The van der Waals surface area contributed by atoms with E-state index in [2.05, 4.69) is 6.42 Å². The van der Waals surface area contributed by atoms with Gasteiger partial charge in [-0.3, -0.25) is 0 Å². The van der Waals surface area contributed by atoms with Gasteiger partial charge in [0.1, 0.15) is 0 Å². The Labute approximate surface area is 78.9 Å². The van der Waals surface area contributed by atoms with E-state index in [9.17, 15) is 25.2 Å². The third-order valence-electron chi connectivity index (χ3n) is 1.57. The van der Waals surface area contributed by atoms with Crippen LogP contribution in [0.4, 0.5) is 25.2 Å². The second-order valence-electron chi connectivity index (χ2n) is 3.24. The summed E-state index contributed by atoms with van der Waals surface area (Å²) >= 11 is 0. The average molecular weight is 242 g/mol. The summed E-state index contributed by atoms with van der Waals surface area (Å²) in [7, 11) is -10.7. The first kappa shape index (κ1) is 13.9. The second kappa shape index (κ2) is 3.80. The molecule has 0 heterocycles. The van der Waals surface area contributed by atoms with Gasteiger partial charge in [0.2, 0.25) is 0 Å². The molecule has 1 saturated carbocycles. The Morgan fingerprint density at radius 2 is 0.929 bits per heavy atom. The van der Waals surface area contributed by atoms with E-state index in [1.165, 1.54) is 38.5 Å². The Kier molecular flexibility index (Phi) is 3.76. The molecule has 0 amide bonds. The number of halogens is 6. The summed E-state index contributed by atoms with van der Waals surface area (Å²) in [5, 5.41) is 0. The van der Waals surface area contributed by atoms with Crippen molar-refractivity contribution in [3.8, 4) is 0 Å². The summed E-state index contributed by atoms with van der Waals surface area (Å²) in [4.78, 5) is 0. The first-order valence-corrected chi connectivity index (χ1v) is 6.36. The third-order valence-corrected chi connectivity index (χ3v) is 1.57. The maximum Gasteiger partial charge on any atom is 0.0875 e. The minimum Gasteiger partial charge on any atom is -0.0491 e. The van der Waals surface area contributed by atoms with Crippen molar-refractivity contribution < 1.29 is 25.2 Å². The minimum atomic E-state index is -10.7. The van der Waals surface area contributed by atoms with E-state index in [0.29, 0.717) is 0 Å². The molecule has 0 aromatic rings. The van der Waals surface area contributed by atoms with Crippen LogP contribution in [-0.4, -0.2) is 0 Å². The Bertz CT molecular complexity index is 136. The van der Waals surface area contributed by atoms with Crippen LogP contribution in [0.3, 0.4) is 0 Å². The maximum absolute atomic E-state index is 10.7. The summed E-state index contributed by atoms with van der Waals surface area (Å²) in [5.74, 6) is 0. The van der Waals surface area contributed by atoms with E-state index in [0.717, 1.165) is 0 Å². The molecule has 1 rings (SSSR count). The van der Waals surface area contributed by atoms with Crippen LogP contribution in [0.2, 0.25) is 0 Å². The van der Waals surface area contributed by atoms with Gasteiger partial charge in [-0.05, 0) is 25.7 Å². The van der Waals surface area contributed by atoms with Crippen LogP contribution in [-0.2, 0) is 0 Å². The van der Waals surface area contributed by atoms with Gasteiger partial charge in [-0.15, -0.1) is 0 Å². The van der Waals surface area contributed by atoms with Gasteiger partial charge in [0.15, 0.2) is 0 Å². The van der Waals surface area contributed by atoms with Gasteiger partial charge in [0, 0.05) is 0 Å². The zero-order valence-corrected chi connectivity index (χ0v) is 8.43. The van der Waals surface area contributed by atoms with E-state index in [1.807, 2.05) is 0 Å². The molecule has 7 heteroatoms. The largest absolute Gasteiger partial charge is 0.0875 e. The van der Waals surface area contributed by atoms with Crippen LogP contribution in [0, 0.1) is 6.42 Å². The molecule has 1 aliphatic rings. The van der Waals surface area contributed by atoms with E-state index in [4.69, 9.17) is 0 Å². The van der Waals surface area contributed by atoms with Gasteiger partial charge in [0.05, 0.1) is 19.3 Å². The summed E-state index contributed by atoms with van der Waals surface area (Å²) < 4.78 is 59.2. The first-order chi connectivity index (χ1) is 5.95. The number of hydrogen-bond acceptors (Lipinski definition) is 0. The molecular weight excluding hydrogens is 229 g/mol. The molecule has 0 nitrogen and oxygen atoms in total. The van der Waals surface area contributed by atoms with Crippen molar-refractivity contribution in [3.05, 3.63) is 6.42 Å². The molecule has 14 heavy (non-hydrogen) atoms. The molecule has 0 aliphatic heterocycles. The van der Waals surface area contributed by atoms with Crippen LogP contribution in [0.15, 0.2) is 0 Å². The molecule has 0 N–H and O–H groups in total. The van der Waals surface area contributed by atoms with E-state index in [1.54, 1.807) is 0 Å². The van der Waals surface area contributed by atoms with Crippen LogP contribution in [0.1, 0.15) is 38.5 Å². The number of hydrogen-bond donors (Lipinski definition) is 0. The van der Waals surface area contributed by atoms with Crippen molar-refractivity contribution in [2.75, 3.05) is 0 Å². The summed E-state index contributed by atoms with van der Waals surface area (Å²) in [6.45, 7) is 0. The summed E-state index contributed by atoms with van der Waals surface area (Å²) in [5.41, 5.74) is 0. The standard InChI is InChI=1S/C7H13.F6P/c1-2-4-6-7-5-3-1;1-7(2,3,4,5)6/h1H,2-7H2;/q+1;-1. The Morgan fingerprint density at radius 1 is 0.643 bits per heavy atom. The van der Waals surface area contributed by atoms with Crippen LogP contribution >= 0.6 is 7.81 Å². The van der Waals surface area contributed by atoms with Gasteiger partial charge in [0.25, 0.3) is 0 Å². The van der Waals surface area contributed by atoms with Crippen molar-refractivity contribution in [1.29, 1.82) is 0 Å². The molecular formula is C7H13F6P. The van der Waals surface area contributed by atoms with Gasteiger partial charge in [-0.1, -0.05) is 0 Å². The van der Waals surface area contributed by atoms with Gasteiger partial charge < -0.3 is 0 Å². The van der Waals surface area contributed by atoms with Crippen LogP contribution in [0.25, 0.3) is 0 Å². The van der Waals surface area contributed by atoms with Crippen molar-refractivity contribution >= 4 is 7.81 Å². The zero-order chi connectivity index (χ0) is 11.4.